The summed E-state index contributed by atoms with van der Waals surface area (Å²) in [7, 11) is 0. The summed E-state index contributed by atoms with van der Waals surface area (Å²) in [6.07, 6.45) is 8.69. The van der Waals surface area contributed by atoms with Gasteiger partial charge in [-0.05, 0) is 56.4 Å². The standard InChI is InChI=1S/C20H28O4/c21-18(11-5-4-9-16-7-2-1-3-8-16)13-12-17-10-6-14-20(24,15-17)19(22)23/h1-3,7-8,12-13,17-18,21,24H,4-6,9-11,14-15H2,(H,22,23)/p-1/b13-12+/t17-,18+,20+/m1/s1. The number of allylic oxidation sites excluding steroid dienone is 1. The smallest absolute Gasteiger partial charge is 0.104 e. The Morgan fingerprint density at radius 3 is 2.79 bits per heavy atom. The van der Waals surface area contributed by atoms with Gasteiger partial charge in [0.1, 0.15) is 5.60 Å². The van der Waals surface area contributed by atoms with Gasteiger partial charge in [-0.3, -0.25) is 0 Å². The number of hydrogen-bond donors (Lipinski definition) is 2. The molecule has 1 saturated carbocycles. The third-order valence-corrected chi connectivity index (χ3v) is 4.81. The number of benzene rings is 1. The second-order valence-corrected chi connectivity index (χ2v) is 6.86. The van der Waals surface area contributed by atoms with Crippen LogP contribution < -0.4 is 5.11 Å². The van der Waals surface area contributed by atoms with Crippen LogP contribution >= 0.6 is 0 Å². The van der Waals surface area contributed by atoms with Crippen molar-refractivity contribution < 1.29 is 20.1 Å². The van der Waals surface area contributed by atoms with Gasteiger partial charge < -0.3 is 20.1 Å². The van der Waals surface area contributed by atoms with E-state index in [1.54, 1.807) is 6.08 Å². The number of carbonyl (C=O) groups is 1. The van der Waals surface area contributed by atoms with E-state index in [0.717, 1.165) is 25.7 Å². The Morgan fingerprint density at radius 1 is 1.33 bits per heavy atom. The van der Waals surface area contributed by atoms with Gasteiger partial charge in [0.05, 0.1) is 12.1 Å². The molecule has 4 heteroatoms. The van der Waals surface area contributed by atoms with Crippen molar-refractivity contribution in [3.05, 3.63) is 48.0 Å². The summed E-state index contributed by atoms with van der Waals surface area (Å²) in [6, 6.07) is 10.3. The van der Waals surface area contributed by atoms with Gasteiger partial charge in [-0.2, -0.15) is 0 Å². The van der Waals surface area contributed by atoms with Crippen LogP contribution in [0, 0.1) is 5.92 Å². The number of carboxylic acids is 1. The van der Waals surface area contributed by atoms with Crippen molar-refractivity contribution in [2.24, 2.45) is 5.92 Å². The molecule has 1 aliphatic rings. The van der Waals surface area contributed by atoms with Crippen LogP contribution in [0.4, 0.5) is 0 Å². The number of carbonyl (C=O) groups excluding carboxylic acids is 1. The lowest BCUT2D eigenvalue weighted by atomic mass is 9.78. The highest BCUT2D eigenvalue weighted by Crippen LogP contribution is 2.33. The molecule has 0 saturated heterocycles. The lowest BCUT2D eigenvalue weighted by Crippen LogP contribution is -2.50. The zero-order chi connectivity index (χ0) is 17.4. The second-order valence-electron chi connectivity index (χ2n) is 6.86. The lowest BCUT2D eigenvalue weighted by molar-refractivity contribution is -0.327. The second kappa shape index (κ2) is 9.00. The summed E-state index contributed by atoms with van der Waals surface area (Å²) in [5.74, 6) is -1.40. The van der Waals surface area contributed by atoms with Crippen molar-refractivity contribution in [1.82, 2.24) is 0 Å². The van der Waals surface area contributed by atoms with E-state index in [9.17, 15) is 20.1 Å². The SMILES string of the molecule is O=C([O-])[C@]1(O)CCC[C@H](/C=C/[C@@H](O)CCCCc2ccccc2)C1. The van der Waals surface area contributed by atoms with E-state index in [0.29, 0.717) is 12.8 Å². The summed E-state index contributed by atoms with van der Waals surface area (Å²) in [5, 5.41) is 31.1. The summed E-state index contributed by atoms with van der Waals surface area (Å²) in [4.78, 5) is 11.0. The molecule has 0 bridgehead atoms. The first kappa shape index (κ1) is 18.7. The zero-order valence-electron chi connectivity index (χ0n) is 14.1. The Labute approximate surface area is 143 Å². The molecule has 2 N–H and O–H groups in total. The lowest BCUT2D eigenvalue weighted by Gasteiger charge is -2.36. The molecule has 0 aromatic heterocycles. The van der Waals surface area contributed by atoms with Gasteiger partial charge in [-0.25, -0.2) is 0 Å². The van der Waals surface area contributed by atoms with Crippen LogP contribution in [0.1, 0.15) is 50.5 Å². The maximum Gasteiger partial charge on any atom is 0.104 e. The van der Waals surface area contributed by atoms with E-state index in [1.165, 1.54) is 5.56 Å². The third kappa shape index (κ3) is 5.77. The van der Waals surface area contributed by atoms with Gasteiger partial charge in [-0.1, -0.05) is 48.9 Å². The topological polar surface area (TPSA) is 80.6 Å². The number of aryl methyl sites for hydroxylation is 1. The molecule has 132 valence electrons. The fraction of sp³-hybridized carbons (Fsp3) is 0.550. The largest absolute Gasteiger partial charge is 0.547 e. The molecule has 0 amide bonds. The molecular formula is C20H27O4-. The average Bonchev–Trinajstić information content (AvgIpc) is 2.58. The van der Waals surface area contributed by atoms with Gasteiger partial charge in [-0.15, -0.1) is 0 Å². The van der Waals surface area contributed by atoms with Crippen molar-refractivity contribution in [2.75, 3.05) is 0 Å². The Hall–Kier alpha value is -1.65. The quantitative estimate of drug-likeness (QED) is 0.564. The monoisotopic (exact) mass is 331 g/mol. The summed E-state index contributed by atoms with van der Waals surface area (Å²) in [5.41, 5.74) is -0.403. The summed E-state index contributed by atoms with van der Waals surface area (Å²) >= 11 is 0. The number of aliphatic carboxylic acids is 1. The van der Waals surface area contributed by atoms with Crippen LogP contribution in [0.25, 0.3) is 0 Å². The number of aliphatic hydroxyl groups is 2. The highest BCUT2D eigenvalue weighted by molar-refractivity contribution is 5.75. The van der Waals surface area contributed by atoms with E-state index in [2.05, 4.69) is 12.1 Å². The molecule has 0 unspecified atom stereocenters. The molecule has 0 aliphatic heterocycles. The van der Waals surface area contributed by atoms with Crippen LogP contribution in [0.3, 0.4) is 0 Å². The highest BCUT2D eigenvalue weighted by atomic mass is 16.4. The van der Waals surface area contributed by atoms with E-state index in [1.807, 2.05) is 24.3 Å². The minimum atomic E-state index is -1.71. The van der Waals surface area contributed by atoms with E-state index >= 15 is 0 Å². The Bertz CT molecular complexity index is 540. The van der Waals surface area contributed by atoms with E-state index in [4.69, 9.17) is 0 Å². The fourth-order valence-corrected chi connectivity index (χ4v) is 3.35. The highest BCUT2D eigenvalue weighted by Gasteiger charge is 2.34. The van der Waals surface area contributed by atoms with Crippen LogP contribution in [0.5, 0.6) is 0 Å². The molecule has 0 radical (unpaired) electrons. The molecule has 24 heavy (non-hydrogen) atoms. The number of carboxylic acid groups (broad SMARTS) is 1. The van der Waals surface area contributed by atoms with Crippen LogP contribution in [-0.4, -0.2) is 27.9 Å². The summed E-state index contributed by atoms with van der Waals surface area (Å²) < 4.78 is 0. The van der Waals surface area contributed by atoms with E-state index < -0.39 is 17.7 Å². The van der Waals surface area contributed by atoms with Crippen LogP contribution in [0.2, 0.25) is 0 Å². The first-order valence-electron chi connectivity index (χ1n) is 8.84. The van der Waals surface area contributed by atoms with Gasteiger partial charge in [0.15, 0.2) is 0 Å². The molecule has 2 rings (SSSR count). The van der Waals surface area contributed by atoms with Gasteiger partial charge in [0.25, 0.3) is 0 Å². The van der Waals surface area contributed by atoms with Gasteiger partial charge >= 0.3 is 0 Å². The molecule has 4 nitrogen and oxygen atoms in total. The van der Waals surface area contributed by atoms with Crippen molar-refractivity contribution in [1.29, 1.82) is 0 Å². The molecule has 3 atom stereocenters. The Balaban J connectivity index is 1.69. The minimum absolute atomic E-state index is 0.0133. The number of unbranched alkanes of at least 4 members (excludes halogenated alkanes) is 1. The Morgan fingerprint density at radius 2 is 2.08 bits per heavy atom. The number of aliphatic hydroxyl groups excluding tert-OH is 1. The average molecular weight is 331 g/mol. The maximum atomic E-state index is 11.0. The first-order chi connectivity index (χ1) is 11.5. The van der Waals surface area contributed by atoms with Gasteiger partial charge in [0.2, 0.25) is 0 Å². The minimum Gasteiger partial charge on any atom is -0.547 e. The molecule has 1 aliphatic carbocycles. The zero-order valence-corrected chi connectivity index (χ0v) is 14.1. The molecule has 1 aromatic rings. The normalized spacial score (nSPS) is 25.7. The maximum absolute atomic E-state index is 11.0. The predicted molar refractivity (Wildman–Crippen MR) is 91.1 cm³/mol. The van der Waals surface area contributed by atoms with Crippen LogP contribution in [-0.2, 0) is 11.2 Å². The molecule has 0 spiro atoms. The van der Waals surface area contributed by atoms with Crippen molar-refractivity contribution in [3.63, 3.8) is 0 Å². The van der Waals surface area contributed by atoms with E-state index in [-0.39, 0.29) is 18.8 Å². The first-order valence-corrected chi connectivity index (χ1v) is 8.84. The van der Waals surface area contributed by atoms with Crippen LogP contribution in [0.15, 0.2) is 42.5 Å². The molecule has 1 fully saturated rings. The van der Waals surface area contributed by atoms with Crippen molar-refractivity contribution >= 4 is 5.97 Å². The molecular weight excluding hydrogens is 304 g/mol. The fourth-order valence-electron chi connectivity index (χ4n) is 3.35. The third-order valence-electron chi connectivity index (χ3n) is 4.81. The van der Waals surface area contributed by atoms with Crippen molar-refractivity contribution in [2.45, 2.75) is 63.1 Å². The molecule has 0 heterocycles. The predicted octanol–water partition coefficient (Wildman–Crippen LogP) is 1.99. The Kier molecular flexibility index (Phi) is 7.00. The summed E-state index contributed by atoms with van der Waals surface area (Å²) in [6.45, 7) is 0. The van der Waals surface area contributed by atoms with Crippen molar-refractivity contribution in [3.8, 4) is 0 Å². The van der Waals surface area contributed by atoms with Gasteiger partial charge in [0, 0.05) is 0 Å². The molecule has 1 aromatic carbocycles. The number of hydrogen-bond acceptors (Lipinski definition) is 4. The number of rotatable bonds is 8.